The monoisotopic (exact) mass is 388 g/mol. The lowest BCUT2D eigenvalue weighted by atomic mass is 9.73. The lowest BCUT2D eigenvalue weighted by molar-refractivity contribution is -0.158. The zero-order chi connectivity index (χ0) is 20.3. The van der Waals surface area contributed by atoms with Crippen LogP contribution in [-0.2, 0) is 15.1 Å². The van der Waals surface area contributed by atoms with Crippen LogP contribution < -0.4 is 10.2 Å². The molecule has 0 radical (unpaired) electrons. The maximum atomic E-state index is 14.0. The van der Waals surface area contributed by atoms with Crippen molar-refractivity contribution in [2.24, 2.45) is 5.92 Å². The maximum absolute atomic E-state index is 14.0. The van der Waals surface area contributed by atoms with Crippen molar-refractivity contribution in [3.05, 3.63) is 65.2 Å². The van der Waals surface area contributed by atoms with Crippen LogP contribution in [0.3, 0.4) is 0 Å². The van der Waals surface area contributed by atoms with E-state index in [0.717, 1.165) is 5.56 Å². The summed E-state index contributed by atoms with van der Waals surface area (Å²) in [5.74, 6) is -2.94. The summed E-state index contributed by atoms with van der Waals surface area (Å²) in [4.78, 5) is 26.8. The van der Waals surface area contributed by atoms with Gasteiger partial charge in [-0.15, -0.1) is 0 Å². The van der Waals surface area contributed by atoms with Crippen LogP contribution in [-0.4, -0.2) is 31.5 Å². The quantitative estimate of drug-likeness (QED) is 0.804. The van der Waals surface area contributed by atoms with Crippen LogP contribution in [0.2, 0.25) is 0 Å². The van der Waals surface area contributed by atoms with E-state index in [-0.39, 0.29) is 0 Å². The van der Waals surface area contributed by atoms with Gasteiger partial charge in [-0.2, -0.15) is 13.2 Å². The number of carbonyl (C=O) groups excluding carboxylic acids is 2. The van der Waals surface area contributed by atoms with Gasteiger partial charge in [0.2, 0.25) is 0 Å². The molecule has 4 rings (SSSR count). The summed E-state index contributed by atoms with van der Waals surface area (Å²) in [6, 6.07) is 11.2. The Morgan fingerprint density at radius 3 is 2.39 bits per heavy atom. The van der Waals surface area contributed by atoms with Gasteiger partial charge in [0.15, 0.2) is 0 Å². The summed E-state index contributed by atoms with van der Waals surface area (Å²) in [6.07, 6.45) is -4.13. The average molecular weight is 388 g/mol. The van der Waals surface area contributed by atoms with Gasteiger partial charge >= 0.3 is 6.18 Å². The Kier molecular flexibility index (Phi) is 4.12. The summed E-state index contributed by atoms with van der Waals surface area (Å²) in [6.45, 7) is 1.79. The molecule has 0 saturated carbocycles. The molecule has 146 valence electrons. The normalized spacial score (nSPS) is 29.4. The zero-order valence-electron chi connectivity index (χ0n) is 15.3. The van der Waals surface area contributed by atoms with Crippen molar-refractivity contribution in [3.63, 3.8) is 0 Å². The van der Waals surface area contributed by atoms with Gasteiger partial charge in [-0.3, -0.25) is 10.1 Å². The van der Waals surface area contributed by atoms with E-state index in [4.69, 9.17) is 0 Å². The molecule has 28 heavy (non-hydrogen) atoms. The lowest BCUT2D eigenvalue weighted by Crippen LogP contribution is -2.54. The second-order valence-electron chi connectivity index (χ2n) is 7.41. The molecule has 0 aromatic heterocycles. The molecule has 7 heteroatoms. The molecule has 2 aromatic carbocycles. The first kappa shape index (κ1) is 18.7. The Hall–Kier alpha value is -2.67. The molecule has 1 spiro atoms. The highest BCUT2D eigenvalue weighted by molar-refractivity contribution is 6.10. The first-order chi connectivity index (χ1) is 13.2. The molecule has 0 bridgehead atoms. The van der Waals surface area contributed by atoms with Gasteiger partial charge in [0.25, 0.3) is 5.91 Å². The third kappa shape index (κ3) is 2.35. The number of likely N-dealkylation sites (N-methyl/N-ethyl adjacent to an activating group) is 1. The molecule has 4 nitrogen and oxygen atoms in total. The number of nitrogens with one attached hydrogen (secondary N) is 1. The van der Waals surface area contributed by atoms with Crippen molar-refractivity contribution in [3.8, 4) is 0 Å². The summed E-state index contributed by atoms with van der Waals surface area (Å²) in [5.41, 5.74) is 0.385. The van der Waals surface area contributed by atoms with Gasteiger partial charge in [0.1, 0.15) is 17.9 Å². The number of alkyl halides is 3. The topological polar surface area (TPSA) is 49.4 Å². The number of hydrogen-bond acceptors (Lipinski definition) is 3. The number of amides is 1. The lowest BCUT2D eigenvalue weighted by Gasteiger charge is -2.28. The predicted molar refractivity (Wildman–Crippen MR) is 98.0 cm³/mol. The minimum Gasteiger partial charge on any atom is -0.313 e. The molecule has 1 amide bonds. The van der Waals surface area contributed by atoms with E-state index in [1.54, 1.807) is 55.5 Å². The van der Waals surface area contributed by atoms with Crippen molar-refractivity contribution < 1.29 is 22.8 Å². The van der Waals surface area contributed by atoms with Crippen molar-refractivity contribution in [2.75, 3.05) is 11.9 Å². The smallest absolute Gasteiger partial charge is 0.313 e. The fourth-order valence-electron chi connectivity index (χ4n) is 4.82. The van der Waals surface area contributed by atoms with Crippen molar-refractivity contribution in [2.45, 2.75) is 30.6 Å². The molecule has 1 N–H and O–H groups in total. The summed E-state index contributed by atoms with van der Waals surface area (Å²) >= 11 is 0. The molecular weight excluding hydrogens is 369 g/mol. The molecular formula is C21H19F3N2O2. The third-order valence-corrected chi connectivity index (χ3v) is 5.95. The summed E-state index contributed by atoms with van der Waals surface area (Å²) in [5, 5.41) is 2.57. The highest BCUT2D eigenvalue weighted by Crippen LogP contribution is 2.56. The van der Waals surface area contributed by atoms with Gasteiger partial charge < -0.3 is 9.69 Å². The summed E-state index contributed by atoms with van der Waals surface area (Å²) < 4.78 is 42.1. The predicted octanol–water partition coefficient (Wildman–Crippen LogP) is 3.30. The van der Waals surface area contributed by atoms with E-state index in [9.17, 15) is 22.8 Å². The second kappa shape index (κ2) is 6.17. The van der Waals surface area contributed by atoms with Crippen LogP contribution >= 0.6 is 0 Å². The Balaban J connectivity index is 1.98. The van der Waals surface area contributed by atoms with E-state index in [1.807, 2.05) is 0 Å². The van der Waals surface area contributed by atoms with Gasteiger partial charge in [-0.1, -0.05) is 48.5 Å². The van der Waals surface area contributed by atoms with Crippen LogP contribution in [0.15, 0.2) is 48.5 Å². The number of fused-ring (bicyclic) bond motifs is 2. The Bertz CT molecular complexity index is 944. The Morgan fingerprint density at radius 1 is 1.11 bits per heavy atom. The van der Waals surface area contributed by atoms with E-state index in [1.165, 1.54) is 11.9 Å². The fraction of sp³-hybridized carbons (Fsp3) is 0.333. The first-order valence-electron chi connectivity index (χ1n) is 8.96. The largest absolute Gasteiger partial charge is 0.404 e. The molecule has 1 fully saturated rings. The minimum absolute atomic E-state index is 0.378. The van der Waals surface area contributed by atoms with Crippen LogP contribution in [0.25, 0.3) is 0 Å². The summed E-state index contributed by atoms with van der Waals surface area (Å²) in [7, 11) is 1.53. The molecule has 2 aromatic rings. The highest BCUT2D eigenvalue weighted by Gasteiger charge is 2.68. The van der Waals surface area contributed by atoms with E-state index in [0.29, 0.717) is 23.1 Å². The number of aryl methyl sites for hydroxylation is 1. The molecule has 1 saturated heterocycles. The average Bonchev–Trinajstić information content (AvgIpc) is 3.13. The maximum Gasteiger partial charge on any atom is 0.404 e. The fourth-order valence-corrected chi connectivity index (χ4v) is 4.82. The van der Waals surface area contributed by atoms with Crippen LogP contribution in [0.5, 0.6) is 0 Å². The third-order valence-electron chi connectivity index (χ3n) is 5.95. The van der Waals surface area contributed by atoms with Crippen LogP contribution in [0.4, 0.5) is 18.9 Å². The van der Waals surface area contributed by atoms with Gasteiger partial charge in [0.05, 0.1) is 11.6 Å². The van der Waals surface area contributed by atoms with Crippen LogP contribution in [0, 0.1) is 12.8 Å². The standard InChI is InChI=1S/C21H19F3N2O2/c1-12-7-6-10-14-17(12)26(2)19(28)20(14)15(11-27)16(13-8-4-3-5-9-13)18(25-20)21(22,23)24/h3-11,15-16,18,25H,1-2H3/t15-,16-,18-,20-/m0/s1. The number of benzene rings is 2. The van der Waals surface area contributed by atoms with E-state index < -0.39 is 35.5 Å². The molecule has 2 heterocycles. The molecule has 0 aliphatic carbocycles. The van der Waals surface area contributed by atoms with E-state index in [2.05, 4.69) is 5.32 Å². The Labute approximate surface area is 160 Å². The number of nitrogens with zero attached hydrogens (tertiary/aromatic N) is 1. The number of para-hydroxylation sites is 1. The molecule has 0 unspecified atom stereocenters. The molecule has 4 atom stereocenters. The molecule has 2 aliphatic heterocycles. The second-order valence-corrected chi connectivity index (χ2v) is 7.41. The van der Waals surface area contributed by atoms with Crippen molar-refractivity contribution >= 4 is 17.9 Å². The number of halogens is 3. The van der Waals surface area contributed by atoms with Crippen molar-refractivity contribution in [1.82, 2.24) is 5.32 Å². The number of rotatable bonds is 2. The number of anilines is 1. The highest BCUT2D eigenvalue weighted by atomic mass is 19.4. The van der Waals surface area contributed by atoms with Gasteiger partial charge in [0, 0.05) is 18.5 Å². The molecule has 2 aliphatic rings. The van der Waals surface area contributed by atoms with Gasteiger partial charge in [-0.05, 0) is 18.1 Å². The zero-order valence-corrected chi connectivity index (χ0v) is 15.3. The van der Waals surface area contributed by atoms with E-state index >= 15 is 0 Å². The van der Waals surface area contributed by atoms with Gasteiger partial charge in [-0.25, -0.2) is 0 Å². The SMILES string of the molecule is Cc1cccc2c1N(C)C(=O)[C@]21N[C@H](C(F)(F)F)[C@@H](c2ccccc2)[C@@H]1C=O. The number of aldehydes is 1. The minimum atomic E-state index is -4.63. The van der Waals surface area contributed by atoms with Crippen molar-refractivity contribution in [1.29, 1.82) is 0 Å². The first-order valence-corrected chi connectivity index (χ1v) is 8.96. The number of hydrogen-bond donors (Lipinski definition) is 1. The van der Waals surface area contributed by atoms with Crippen LogP contribution in [0.1, 0.15) is 22.6 Å². The number of carbonyl (C=O) groups is 2. The Morgan fingerprint density at radius 2 is 1.79 bits per heavy atom.